The number of rotatable bonds is 4. The number of nitrogens with two attached hydrogens (primary N) is 1. The van der Waals surface area contributed by atoms with Gasteiger partial charge < -0.3 is 10.5 Å². The smallest absolute Gasteiger partial charge is 0.338 e. The molecule has 0 amide bonds. The molecule has 0 aromatic heterocycles. The highest BCUT2D eigenvalue weighted by atomic mass is 35.5. The third-order valence-electron chi connectivity index (χ3n) is 2.20. The van der Waals surface area contributed by atoms with E-state index in [1.807, 2.05) is 0 Å². The maximum atomic E-state index is 12.2. The molecule has 0 saturated heterocycles. The standard InChI is InChI=1S/C11H13F2NO2.ClH/c1-16-11(15)8-5-3-2-4-7(8)9(14)6-10(12)13;/h2-5,9-10H,6,14H2,1H3;1H/t9-;/m1./s1. The van der Waals surface area contributed by atoms with E-state index >= 15 is 0 Å². The Morgan fingerprint density at radius 1 is 1.41 bits per heavy atom. The van der Waals surface area contributed by atoms with Crippen LogP contribution in [0.2, 0.25) is 0 Å². The molecule has 0 spiro atoms. The molecule has 0 radical (unpaired) electrons. The van der Waals surface area contributed by atoms with Gasteiger partial charge in [-0.05, 0) is 11.6 Å². The predicted octanol–water partition coefficient (Wildman–Crippen LogP) is 2.55. The number of carbonyl (C=O) groups is 1. The van der Waals surface area contributed by atoms with Gasteiger partial charge in [-0.3, -0.25) is 0 Å². The molecule has 0 aliphatic heterocycles. The number of benzene rings is 1. The zero-order valence-electron chi connectivity index (χ0n) is 9.23. The Morgan fingerprint density at radius 3 is 2.53 bits per heavy atom. The van der Waals surface area contributed by atoms with Crippen molar-refractivity contribution in [3.8, 4) is 0 Å². The van der Waals surface area contributed by atoms with E-state index in [1.54, 1.807) is 18.2 Å². The fourth-order valence-electron chi connectivity index (χ4n) is 1.44. The molecule has 0 bridgehead atoms. The van der Waals surface area contributed by atoms with Gasteiger partial charge in [0, 0.05) is 12.5 Å². The minimum absolute atomic E-state index is 0. The van der Waals surface area contributed by atoms with Crippen LogP contribution in [-0.4, -0.2) is 19.5 Å². The molecule has 0 fully saturated rings. The molecule has 1 atom stereocenters. The number of alkyl halides is 2. The molecule has 3 nitrogen and oxygen atoms in total. The number of carbonyl (C=O) groups excluding carboxylic acids is 1. The van der Waals surface area contributed by atoms with E-state index < -0.39 is 24.9 Å². The average Bonchev–Trinajstić information content (AvgIpc) is 2.27. The molecule has 2 N–H and O–H groups in total. The quantitative estimate of drug-likeness (QED) is 0.851. The molecule has 96 valence electrons. The highest BCUT2D eigenvalue weighted by Crippen LogP contribution is 2.22. The van der Waals surface area contributed by atoms with Crippen LogP contribution >= 0.6 is 12.4 Å². The zero-order valence-corrected chi connectivity index (χ0v) is 10.0. The van der Waals surface area contributed by atoms with E-state index in [9.17, 15) is 13.6 Å². The lowest BCUT2D eigenvalue weighted by atomic mass is 9.99. The molecule has 1 rings (SSSR count). The molecular formula is C11H14ClF2NO2. The normalized spacial score (nSPS) is 11.8. The van der Waals surface area contributed by atoms with E-state index in [4.69, 9.17) is 5.73 Å². The second-order valence-electron chi connectivity index (χ2n) is 3.31. The monoisotopic (exact) mass is 265 g/mol. The fourth-order valence-corrected chi connectivity index (χ4v) is 1.44. The van der Waals surface area contributed by atoms with E-state index in [2.05, 4.69) is 4.74 Å². The average molecular weight is 266 g/mol. The van der Waals surface area contributed by atoms with Crippen molar-refractivity contribution < 1.29 is 18.3 Å². The molecule has 6 heteroatoms. The minimum atomic E-state index is -2.50. The molecule has 0 aliphatic rings. The predicted molar refractivity (Wildman–Crippen MR) is 62.6 cm³/mol. The summed E-state index contributed by atoms with van der Waals surface area (Å²) < 4.78 is 28.9. The number of halogens is 3. The Bertz CT molecular complexity index is 374. The third kappa shape index (κ3) is 4.28. The first-order valence-corrected chi connectivity index (χ1v) is 4.77. The summed E-state index contributed by atoms with van der Waals surface area (Å²) in [6.07, 6.45) is -2.98. The van der Waals surface area contributed by atoms with Crippen LogP contribution in [0.3, 0.4) is 0 Å². The van der Waals surface area contributed by atoms with Gasteiger partial charge in [0.2, 0.25) is 6.43 Å². The lowest BCUT2D eigenvalue weighted by molar-refractivity contribution is 0.0597. The van der Waals surface area contributed by atoms with Crippen LogP contribution in [0, 0.1) is 0 Å². The summed E-state index contributed by atoms with van der Waals surface area (Å²) >= 11 is 0. The number of hydrogen-bond donors (Lipinski definition) is 1. The van der Waals surface area contributed by atoms with Crippen molar-refractivity contribution in [3.05, 3.63) is 35.4 Å². The van der Waals surface area contributed by atoms with Crippen LogP contribution in [-0.2, 0) is 4.74 Å². The Morgan fingerprint density at radius 2 is 2.00 bits per heavy atom. The Hall–Kier alpha value is -1.20. The SMILES string of the molecule is COC(=O)c1ccccc1[C@H](N)CC(F)F.Cl. The summed E-state index contributed by atoms with van der Waals surface area (Å²) in [5.74, 6) is -0.569. The van der Waals surface area contributed by atoms with Crippen molar-refractivity contribution in [2.45, 2.75) is 18.9 Å². The van der Waals surface area contributed by atoms with Crippen LogP contribution in [0.1, 0.15) is 28.4 Å². The van der Waals surface area contributed by atoms with Crippen LogP contribution in [0.15, 0.2) is 24.3 Å². The van der Waals surface area contributed by atoms with Gasteiger partial charge in [0.25, 0.3) is 0 Å². The maximum Gasteiger partial charge on any atom is 0.338 e. The third-order valence-corrected chi connectivity index (χ3v) is 2.20. The molecule has 0 unspecified atom stereocenters. The van der Waals surface area contributed by atoms with Crippen LogP contribution in [0.5, 0.6) is 0 Å². The first-order valence-electron chi connectivity index (χ1n) is 4.77. The van der Waals surface area contributed by atoms with Gasteiger partial charge in [-0.2, -0.15) is 0 Å². The Labute approximate surface area is 104 Å². The van der Waals surface area contributed by atoms with Gasteiger partial charge in [-0.1, -0.05) is 18.2 Å². The van der Waals surface area contributed by atoms with Crippen LogP contribution in [0.25, 0.3) is 0 Å². The van der Waals surface area contributed by atoms with Crippen molar-refractivity contribution in [2.24, 2.45) is 5.73 Å². The summed E-state index contributed by atoms with van der Waals surface area (Å²) in [5, 5.41) is 0. The summed E-state index contributed by atoms with van der Waals surface area (Å²) in [6.45, 7) is 0. The maximum absolute atomic E-state index is 12.2. The number of hydrogen-bond acceptors (Lipinski definition) is 3. The Kier molecular flexibility index (Phi) is 6.68. The first kappa shape index (κ1) is 15.8. The van der Waals surface area contributed by atoms with E-state index in [0.717, 1.165) is 0 Å². The molecule has 0 saturated carbocycles. The second-order valence-corrected chi connectivity index (χ2v) is 3.31. The van der Waals surface area contributed by atoms with Crippen LogP contribution < -0.4 is 5.73 Å². The summed E-state index contributed by atoms with van der Waals surface area (Å²) in [5.41, 5.74) is 6.22. The van der Waals surface area contributed by atoms with Gasteiger partial charge in [0.1, 0.15) is 0 Å². The van der Waals surface area contributed by atoms with Crippen molar-refractivity contribution in [3.63, 3.8) is 0 Å². The van der Waals surface area contributed by atoms with Crippen molar-refractivity contribution >= 4 is 18.4 Å². The number of methoxy groups -OCH3 is 1. The van der Waals surface area contributed by atoms with Crippen LogP contribution in [0.4, 0.5) is 8.78 Å². The number of esters is 1. The van der Waals surface area contributed by atoms with Crippen molar-refractivity contribution in [1.29, 1.82) is 0 Å². The highest BCUT2D eigenvalue weighted by Gasteiger charge is 2.19. The van der Waals surface area contributed by atoms with Gasteiger partial charge in [-0.15, -0.1) is 12.4 Å². The molecule has 1 aromatic rings. The number of ether oxygens (including phenoxy) is 1. The molecular weight excluding hydrogens is 252 g/mol. The lowest BCUT2D eigenvalue weighted by Gasteiger charge is -2.14. The summed E-state index contributed by atoms with van der Waals surface area (Å²) in [4.78, 5) is 11.4. The van der Waals surface area contributed by atoms with Crippen molar-refractivity contribution in [2.75, 3.05) is 7.11 Å². The van der Waals surface area contributed by atoms with E-state index in [0.29, 0.717) is 5.56 Å². The largest absolute Gasteiger partial charge is 0.465 e. The molecule has 0 aliphatic carbocycles. The molecule has 0 heterocycles. The minimum Gasteiger partial charge on any atom is -0.465 e. The van der Waals surface area contributed by atoms with Gasteiger partial charge in [-0.25, -0.2) is 13.6 Å². The first-order chi connectivity index (χ1) is 7.56. The lowest BCUT2D eigenvalue weighted by Crippen LogP contribution is -2.18. The van der Waals surface area contributed by atoms with Crippen molar-refractivity contribution in [1.82, 2.24) is 0 Å². The molecule has 17 heavy (non-hydrogen) atoms. The second kappa shape index (κ2) is 7.19. The van der Waals surface area contributed by atoms with Gasteiger partial charge >= 0.3 is 5.97 Å². The van der Waals surface area contributed by atoms with E-state index in [1.165, 1.54) is 13.2 Å². The molecule has 1 aromatic carbocycles. The summed E-state index contributed by atoms with van der Waals surface area (Å²) in [6, 6.07) is 5.47. The van der Waals surface area contributed by atoms with E-state index in [-0.39, 0.29) is 18.0 Å². The van der Waals surface area contributed by atoms with Gasteiger partial charge in [0.05, 0.1) is 12.7 Å². The topological polar surface area (TPSA) is 52.3 Å². The summed E-state index contributed by atoms with van der Waals surface area (Å²) in [7, 11) is 1.23. The Balaban J connectivity index is 0.00000256. The zero-order chi connectivity index (χ0) is 12.1. The van der Waals surface area contributed by atoms with Gasteiger partial charge in [0.15, 0.2) is 0 Å². The highest BCUT2D eigenvalue weighted by molar-refractivity contribution is 5.91. The fraction of sp³-hybridized carbons (Fsp3) is 0.364.